The van der Waals surface area contributed by atoms with Crippen molar-refractivity contribution in [1.82, 2.24) is 0 Å². The summed E-state index contributed by atoms with van der Waals surface area (Å²) in [6.07, 6.45) is -0.0653. The molecule has 0 bridgehead atoms. The van der Waals surface area contributed by atoms with Gasteiger partial charge in [0, 0.05) is 31.4 Å². The monoisotopic (exact) mass is 282 g/mol. The number of ether oxygens (including phenoxy) is 1. The van der Waals surface area contributed by atoms with E-state index in [9.17, 15) is 15.2 Å². The summed E-state index contributed by atoms with van der Waals surface area (Å²) >= 11 is 0. The Kier molecular flexibility index (Phi) is 4.94. The van der Waals surface area contributed by atoms with Crippen LogP contribution >= 0.6 is 0 Å². The topological polar surface area (TPSA) is 75.8 Å². The Balaban J connectivity index is 3.11. The summed E-state index contributed by atoms with van der Waals surface area (Å²) < 4.78 is 5.53. The van der Waals surface area contributed by atoms with Gasteiger partial charge in [0.2, 0.25) is 0 Å². The minimum atomic E-state index is -0.890. The third-order valence-corrected chi connectivity index (χ3v) is 2.52. The molecule has 0 heterocycles. The molecule has 0 aliphatic carbocycles. The van der Waals surface area contributed by atoms with Gasteiger partial charge in [-0.2, -0.15) is 0 Å². The van der Waals surface area contributed by atoms with Gasteiger partial charge in [0.25, 0.3) is 5.69 Å². The average molecular weight is 282 g/mol. The normalized spacial score (nSPS) is 11.6. The molecule has 0 unspecified atom stereocenters. The van der Waals surface area contributed by atoms with Gasteiger partial charge in [0.1, 0.15) is 5.75 Å². The van der Waals surface area contributed by atoms with Crippen molar-refractivity contribution in [1.29, 1.82) is 0 Å². The highest BCUT2D eigenvalue weighted by atomic mass is 16.6. The van der Waals surface area contributed by atoms with Crippen molar-refractivity contribution in [3.8, 4) is 5.75 Å². The Morgan fingerprint density at radius 1 is 1.40 bits per heavy atom. The van der Waals surface area contributed by atoms with Crippen molar-refractivity contribution in [2.24, 2.45) is 0 Å². The molecule has 0 aromatic heterocycles. The van der Waals surface area contributed by atoms with Crippen molar-refractivity contribution in [3.05, 3.63) is 28.3 Å². The summed E-state index contributed by atoms with van der Waals surface area (Å²) in [5.74, 6) is 0.451. The fourth-order valence-corrected chi connectivity index (χ4v) is 1.91. The van der Waals surface area contributed by atoms with Crippen LogP contribution < -0.4 is 9.64 Å². The Hall–Kier alpha value is -1.82. The molecule has 0 saturated carbocycles. The third-order valence-electron chi connectivity index (χ3n) is 2.52. The number of nitro groups is 1. The highest BCUT2D eigenvalue weighted by molar-refractivity contribution is 5.57. The molecule has 1 aromatic carbocycles. The van der Waals surface area contributed by atoms with E-state index in [-0.39, 0.29) is 11.8 Å². The van der Waals surface area contributed by atoms with Gasteiger partial charge < -0.3 is 14.7 Å². The zero-order chi connectivity index (χ0) is 15.5. The van der Waals surface area contributed by atoms with E-state index in [4.69, 9.17) is 4.74 Å². The molecule has 1 aromatic rings. The Labute approximate surface area is 119 Å². The lowest BCUT2D eigenvalue weighted by atomic mass is 10.1. The van der Waals surface area contributed by atoms with E-state index >= 15 is 0 Å². The van der Waals surface area contributed by atoms with Crippen LogP contribution in [0.3, 0.4) is 0 Å². The van der Waals surface area contributed by atoms with Crippen LogP contribution in [-0.4, -0.2) is 35.3 Å². The molecule has 0 spiro atoms. The van der Waals surface area contributed by atoms with Gasteiger partial charge >= 0.3 is 0 Å². The first kappa shape index (κ1) is 16.2. The van der Waals surface area contributed by atoms with E-state index in [1.807, 2.05) is 13.8 Å². The lowest BCUT2D eigenvalue weighted by molar-refractivity contribution is -0.384. The average Bonchev–Trinajstić information content (AvgIpc) is 2.25. The molecule has 112 valence electrons. The molecule has 0 aliphatic heterocycles. The second-order valence-corrected chi connectivity index (χ2v) is 5.78. The number of rotatable bonds is 6. The largest absolute Gasteiger partial charge is 0.491 e. The number of nitro benzene ring substituents is 1. The van der Waals surface area contributed by atoms with Crippen molar-refractivity contribution < 1.29 is 14.8 Å². The third kappa shape index (κ3) is 5.05. The highest BCUT2D eigenvalue weighted by Crippen LogP contribution is 2.29. The van der Waals surface area contributed by atoms with Gasteiger partial charge in [0.15, 0.2) is 0 Å². The molecule has 1 rings (SSSR count). The van der Waals surface area contributed by atoms with E-state index in [2.05, 4.69) is 0 Å². The molecular formula is C14H22N2O4. The molecule has 6 heteroatoms. The molecule has 0 radical (unpaired) electrons. The molecule has 20 heavy (non-hydrogen) atoms. The quantitative estimate of drug-likeness (QED) is 0.641. The van der Waals surface area contributed by atoms with Crippen LogP contribution in [0.4, 0.5) is 11.4 Å². The van der Waals surface area contributed by atoms with Crippen molar-refractivity contribution >= 4 is 11.4 Å². The van der Waals surface area contributed by atoms with Crippen LogP contribution in [0.25, 0.3) is 0 Å². The van der Waals surface area contributed by atoms with Gasteiger partial charge in [-0.1, -0.05) is 0 Å². The Morgan fingerprint density at radius 3 is 2.45 bits per heavy atom. The highest BCUT2D eigenvalue weighted by Gasteiger charge is 2.19. The van der Waals surface area contributed by atoms with Gasteiger partial charge in [-0.3, -0.25) is 10.1 Å². The molecular weight excluding hydrogens is 260 g/mol. The first-order chi connectivity index (χ1) is 9.08. The summed E-state index contributed by atoms with van der Waals surface area (Å²) in [4.78, 5) is 12.3. The summed E-state index contributed by atoms with van der Waals surface area (Å²) in [5, 5.41) is 20.8. The fraction of sp³-hybridized carbons (Fsp3) is 0.571. The molecule has 0 saturated heterocycles. The Bertz CT molecular complexity index is 481. The van der Waals surface area contributed by atoms with Crippen molar-refractivity contribution in [2.45, 2.75) is 39.4 Å². The second-order valence-electron chi connectivity index (χ2n) is 5.78. The number of hydrogen-bond donors (Lipinski definition) is 1. The minimum absolute atomic E-state index is 0.0271. The van der Waals surface area contributed by atoms with Crippen LogP contribution in [-0.2, 0) is 0 Å². The molecule has 0 amide bonds. The lowest BCUT2D eigenvalue weighted by Crippen LogP contribution is -2.36. The van der Waals surface area contributed by atoms with E-state index in [0.29, 0.717) is 18.0 Å². The van der Waals surface area contributed by atoms with Gasteiger partial charge in [-0.15, -0.1) is 0 Å². The first-order valence-corrected chi connectivity index (χ1v) is 6.48. The van der Waals surface area contributed by atoms with Crippen LogP contribution in [0.5, 0.6) is 5.75 Å². The van der Waals surface area contributed by atoms with E-state index in [0.717, 1.165) is 0 Å². The van der Waals surface area contributed by atoms with Crippen molar-refractivity contribution in [2.75, 3.05) is 18.5 Å². The van der Waals surface area contributed by atoms with E-state index in [1.54, 1.807) is 31.9 Å². The summed E-state index contributed by atoms with van der Waals surface area (Å²) in [6, 6.07) is 4.61. The maximum absolute atomic E-state index is 11.0. The number of likely N-dealkylation sites (N-methyl/N-ethyl adjacent to an activating group) is 1. The van der Waals surface area contributed by atoms with Gasteiger partial charge in [-0.25, -0.2) is 0 Å². The number of benzene rings is 1. The number of non-ortho nitro benzene ring substituents is 1. The standard InChI is InChI=1S/C14H22N2O4/c1-10(2)20-13-7-11(6-12(8-13)16(18)19)15(5)9-14(3,4)17/h6-8,10,17H,9H2,1-5H3. The SMILES string of the molecule is CC(C)Oc1cc(N(C)CC(C)(C)O)cc([N+](=O)[O-])c1. The summed E-state index contributed by atoms with van der Waals surface area (Å²) in [6.45, 7) is 7.45. The van der Waals surface area contributed by atoms with Crippen molar-refractivity contribution in [3.63, 3.8) is 0 Å². The minimum Gasteiger partial charge on any atom is -0.491 e. The predicted molar refractivity (Wildman–Crippen MR) is 78.4 cm³/mol. The lowest BCUT2D eigenvalue weighted by Gasteiger charge is -2.27. The van der Waals surface area contributed by atoms with Crippen LogP contribution in [0.15, 0.2) is 18.2 Å². The fourth-order valence-electron chi connectivity index (χ4n) is 1.91. The zero-order valence-electron chi connectivity index (χ0n) is 12.6. The molecule has 0 atom stereocenters. The van der Waals surface area contributed by atoms with E-state index in [1.165, 1.54) is 12.1 Å². The molecule has 1 N–H and O–H groups in total. The maximum atomic E-state index is 11.0. The van der Waals surface area contributed by atoms with Crippen LogP contribution in [0, 0.1) is 10.1 Å². The number of nitrogens with zero attached hydrogens (tertiary/aromatic N) is 2. The smallest absolute Gasteiger partial charge is 0.275 e. The van der Waals surface area contributed by atoms with Gasteiger partial charge in [-0.05, 0) is 27.7 Å². The molecule has 0 aliphatic rings. The molecule has 0 fully saturated rings. The zero-order valence-corrected chi connectivity index (χ0v) is 12.6. The van der Waals surface area contributed by atoms with Crippen LogP contribution in [0.1, 0.15) is 27.7 Å². The second kappa shape index (κ2) is 6.09. The van der Waals surface area contributed by atoms with E-state index < -0.39 is 10.5 Å². The number of anilines is 1. The number of hydrogen-bond acceptors (Lipinski definition) is 5. The number of aliphatic hydroxyl groups is 1. The van der Waals surface area contributed by atoms with Gasteiger partial charge in [0.05, 0.1) is 22.7 Å². The first-order valence-electron chi connectivity index (χ1n) is 6.48. The molecule has 6 nitrogen and oxygen atoms in total. The van der Waals surface area contributed by atoms with Crippen LogP contribution in [0.2, 0.25) is 0 Å². The predicted octanol–water partition coefficient (Wildman–Crippen LogP) is 2.59. The maximum Gasteiger partial charge on any atom is 0.275 e. The summed E-state index contributed by atoms with van der Waals surface area (Å²) in [5.41, 5.74) is -0.281. The Morgan fingerprint density at radius 2 is 2.00 bits per heavy atom. The summed E-state index contributed by atoms with van der Waals surface area (Å²) in [7, 11) is 1.77.